The van der Waals surface area contributed by atoms with Crippen LogP contribution in [-0.4, -0.2) is 12.9 Å². The smallest absolute Gasteiger partial charge is 0.153 e. The van der Waals surface area contributed by atoms with Crippen molar-refractivity contribution in [2.75, 3.05) is 6.61 Å². The van der Waals surface area contributed by atoms with Crippen molar-refractivity contribution in [1.82, 2.24) is 0 Å². The normalized spacial score (nSPS) is 10.1. The fourth-order valence-corrected chi connectivity index (χ4v) is 1.77. The second-order valence-corrected chi connectivity index (χ2v) is 4.32. The van der Waals surface area contributed by atoms with Gasteiger partial charge in [-0.2, -0.15) is 0 Å². The van der Waals surface area contributed by atoms with E-state index in [-0.39, 0.29) is 0 Å². The Hall–Kier alpha value is -1.80. The summed E-state index contributed by atoms with van der Waals surface area (Å²) in [5.41, 5.74) is 1.73. The highest BCUT2D eigenvalue weighted by atomic mass is 35.5. The Balaban J connectivity index is 1.92. The van der Waals surface area contributed by atoms with Gasteiger partial charge >= 0.3 is 0 Å². The van der Waals surface area contributed by atoms with Crippen molar-refractivity contribution >= 4 is 17.9 Å². The largest absolute Gasteiger partial charge is 0.492 e. The fraction of sp³-hybridized carbons (Fsp3) is 0.133. The molecular formula is C15H13ClO2. The number of aldehydes is 1. The third-order valence-electron chi connectivity index (χ3n) is 2.61. The van der Waals surface area contributed by atoms with E-state index >= 15 is 0 Å². The zero-order chi connectivity index (χ0) is 12.8. The van der Waals surface area contributed by atoms with Gasteiger partial charge in [-0.15, -0.1) is 0 Å². The van der Waals surface area contributed by atoms with Crippen molar-refractivity contribution in [1.29, 1.82) is 0 Å². The Bertz CT molecular complexity index is 520. The summed E-state index contributed by atoms with van der Waals surface area (Å²) < 4.78 is 5.60. The highest BCUT2D eigenvalue weighted by Gasteiger charge is 2.01. The van der Waals surface area contributed by atoms with Gasteiger partial charge in [-0.05, 0) is 29.8 Å². The molecule has 0 amide bonds. The number of hydrogen-bond donors (Lipinski definition) is 0. The van der Waals surface area contributed by atoms with E-state index in [0.717, 1.165) is 23.3 Å². The molecular weight excluding hydrogens is 248 g/mol. The molecule has 0 saturated heterocycles. The lowest BCUT2D eigenvalue weighted by atomic mass is 10.2. The number of halogens is 1. The van der Waals surface area contributed by atoms with Crippen molar-refractivity contribution in [2.45, 2.75) is 6.42 Å². The molecule has 0 saturated carbocycles. The van der Waals surface area contributed by atoms with E-state index in [1.165, 1.54) is 0 Å². The first-order chi connectivity index (χ1) is 8.79. The van der Waals surface area contributed by atoms with Crippen LogP contribution in [0.4, 0.5) is 0 Å². The molecule has 2 nitrogen and oxygen atoms in total. The van der Waals surface area contributed by atoms with Crippen LogP contribution in [0.3, 0.4) is 0 Å². The van der Waals surface area contributed by atoms with E-state index in [1.807, 2.05) is 36.4 Å². The molecule has 0 unspecified atom stereocenters. The van der Waals surface area contributed by atoms with Gasteiger partial charge in [0.1, 0.15) is 5.75 Å². The van der Waals surface area contributed by atoms with E-state index < -0.39 is 0 Å². The average Bonchev–Trinajstić information content (AvgIpc) is 2.41. The Morgan fingerprint density at radius 3 is 2.50 bits per heavy atom. The van der Waals surface area contributed by atoms with Crippen LogP contribution >= 0.6 is 11.6 Å². The van der Waals surface area contributed by atoms with Gasteiger partial charge in [0.05, 0.1) is 12.2 Å². The van der Waals surface area contributed by atoms with Crippen molar-refractivity contribution in [2.24, 2.45) is 0 Å². The lowest BCUT2D eigenvalue weighted by molar-refractivity contribution is 0.111. The molecule has 0 aromatic heterocycles. The van der Waals surface area contributed by atoms with Gasteiger partial charge in [-0.25, -0.2) is 0 Å². The van der Waals surface area contributed by atoms with Crippen LogP contribution in [0, 0.1) is 0 Å². The molecule has 0 aliphatic rings. The summed E-state index contributed by atoms with van der Waals surface area (Å²) in [5, 5.41) is 0.728. The second kappa shape index (κ2) is 6.22. The predicted octanol–water partition coefficient (Wildman–Crippen LogP) is 3.77. The highest BCUT2D eigenvalue weighted by Crippen LogP contribution is 2.16. The minimum atomic E-state index is 0.534. The predicted molar refractivity (Wildman–Crippen MR) is 72.5 cm³/mol. The summed E-state index contributed by atoms with van der Waals surface area (Å²) >= 11 is 5.81. The summed E-state index contributed by atoms with van der Waals surface area (Å²) in [6.45, 7) is 0.534. The summed E-state index contributed by atoms with van der Waals surface area (Å²) in [4.78, 5) is 10.8. The first kappa shape index (κ1) is 12.7. The van der Waals surface area contributed by atoms with Crippen molar-refractivity contribution in [3.05, 3.63) is 64.7 Å². The standard InChI is InChI=1S/C15H13ClO2/c16-14-7-5-12(6-8-14)9-10-18-15-4-2-1-3-13(15)11-17/h1-8,11H,9-10H2. The summed E-state index contributed by atoms with van der Waals surface area (Å²) in [6, 6.07) is 14.9. The number of rotatable bonds is 5. The minimum Gasteiger partial charge on any atom is -0.492 e. The van der Waals surface area contributed by atoms with Crippen LogP contribution in [0.2, 0.25) is 5.02 Å². The molecule has 0 aliphatic heterocycles. The maximum Gasteiger partial charge on any atom is 0.153 e. The Morgan fingerprint density at radius 2 is 1.78 bits per heavy atom. The first-order valence-corrected chi connectivity index (χ1v) is 6.09. The lowest BCUT2D eigenvalue weighted by Gasteiger charge is -2.08. The average molecular weight is 261 g/mol. The minimum absolute atomic E-state index is 0.534. The molecule has 0 radical (unpaired) electrons. The zero-order valence-corrected chi connectivity index (χ0v) is 10.6. The van der Waals surface area contributed by atoms with Crippen molar-refractivity contribution in [3.8, 4) is 5.75 Å². The molecule has 0 N–H and O–H groups in total. The van der Waals surface area contributed by atoms with Crippen molar-refractivity contribution in [3.63, 3.8) is 0 Å². The molecule has 0 bridgehead atoms. The zero-order valence-electron chi connectivity index (χ0n) is 9.80. The molecule has 0 atom stereocenters. The van der Waals surface area contributed by atoms with Crippen LogP contribution in [0.5, 0.6) is 5.75 Å². The molecule has 18 heavy (non-hydrogen) atoms. The molecule has 0 heterocycles. The third kappa shape index (κ3) is 3.34. The molecule has 2 rings (SSSR count). The maximum atomic E-state index is 10.8. The quantitative estimate of drug-likeness (QED) is 0.765. The van der Waals surface area contributed by atoms with Crippen LogP contribution in [0.15, 0.2) is 48.5 Å². The van der Waals surface area contributed by atoms with E-state index in [2.05, 4.69) is 0 Å². The van der Waals surface area contributed by atoms with Crippen LogP contribution in [-0.2, 0) is 6.42 Å². The molecule has 92 valence electrons. The number of para-hydroxylation sites is 1. The summed E-state index contributed by atoms with van der Waals surface area (Å²) in [7, 11) is 0. The maximum absolute atomic E-state index is 10.8. The van der Waals surface area contributed by atoms with Crippen molar-refractivity contribution < 1.29 is 9.53 Å². The molecule has 0 aliphatic carbocycles. The molecule has 2 aromatic carbocycles. The van der Waals surface area contributed by atoms with Gasteiger partial charge in [0.2, 0.25) is 0 Å². The van der Waals surface area contributed by atoms with Crippen LogP contribution in [0.1, 0.15) is 15.9 Å². The van der Waals surface area contributed by atoms with Gasteiger partial charge in [0, 0.05) is 11.4 Å². The molecule has 0 spiro atoms. The number of hydrogen-bond acceptors (Lipinski definition) is 2. The summed E-state index contributed by atoms with van der Waals surface area (Å²) in [5.74, 6) is 0.626. The number of carbonyl (C=O) groups excluding carboxylic acids is 1. The molecule has 2 aromatic rings. The van der Waals surface area contributed by atoms with E-state index in [1.54, 1.807) is 12.1 Å². The molecule has 3 heteroatoms. The van der Waals surface area contributed by atoms with Crippen LogP contribution < -0.4 is 4.74 Å². The van der Waals surface area contributed by atoms with Gasteiger partial charge in [-0.1, -0.05) is 35.9 Å². The second-order valence-electron chi connectivity index (χ2n) is 3.88. The number of benzene rings is 2. The Labute approximate surface area is 111 Å². The number of ether oxygens (including phenoxy) is 1. The van der Waals surface area contributed by atoms with Gasteiger partial charge in [0.15, 0.2) is 6.29 Å². The van der Waals surface area contributed by atoms with Gasteiger partial charge < -0.3 is 4.74 Å². The Morgan fingerprint density at radius 1 is 1.06 bits per heavy atom. The summed E-state index contributed by atoms with van der Waals surface area (Å²) in [6.07, 6.45) is 1.59. The highest BCUT2D eigenvalue weighted by molar-refractivity contribution is 6.30. The number of carbonyl (C=O) groups is 1. The van der Waals surface area contributed by atoms with Crippen LogP contribution in [0.25, 0.3) is 0 Å². The topological polar surface area (TPSA) is 26.3 Å². The molecule has 0 fully saturated rings. The monoisotopic (exact) mass is 260 g/mol. The first-order valence-electron chi connectivity index (χ1n) is 5.71. The van der Waals surface area contributed by atoms with Gasteiger partial charge in [0.25, 0.3) is 0 Å². The lowest BCUT2D eigenvalue weighted by Crippen LogP contribution is -2.03. The fourth-order valence-electron chi connectivity index (χ4n) is 1.64. The third-order valence-corrected chi connectivity index (χ3v) is 2.86. The van der Waals surface area contributed by atoms with E-state index in [9.17, 15) is 4.79 Å². The van der Waals surface area contributed by atoms with E-state index in [0.29, 0.717) is 17.9 Å². The van der Waals surface area contributed by atoms with Gasteiger partial charge in [-0.3, -0.25) is 4.79 Å². The SMILES string of the molecule is O=Cc1ccccc1OCCc1ccc(Cl)cc1. The van der Waals surface area contributed by atoms with E-state index in [4.69, 9.17) is 16.3 Å². The Kier molecular flexibility index (Phi) is 4.37.